The van der Waals surface area contributed by atoms with Crippen LogP contribution in [0.1, 0.15) is 54.2 Å². The topological polar surface area (TPSA) is 210 Å². The molecule has 1 aliphatic rings. The van der Waals surface area contributed by atoms with Gasteiger partial charge in [-0.1, -0.05) is 18.7 Å². The maximum absolute atomic E-state index is 13.7. The number of nitrogen functional groups attached to an aromatic ring is 1. The summed E-state index contributed by atoms with van der Waals surface area (Å²) >= 11 is 0.962. The fourth-order valence-electron chi connectivity index (χ4n) is 4.06. The van der Waals surface area contributed by atoms with Gasteiger partial charge < -0.3 is 29.4 Å². The van der Waals surface area contributed by atoms with E-state index in [2.05, 4.69) is 20.3 Å². The number of aromatic nitrogens is 4. The number of anilines is 1. The number of aliphatic hydroxyl groups excluding tert-OH is 1. The maximum atomic E-state index is 13.7. The van der Waals surface area contributed by atoms with E-state index in [1.165, 1.54) is 6.33 Å². The van der Waals surface area contributed by atoms with Gasteiger partial charge in [-0.15, -0.1) is 0 Å². The van der Waals surface area contributed by atoms with Gasteiger partial charge in [-0.3, -0.25) is 33.8 Å². The number of carbonyl (C=O) groups is 2. The summed E-state index contributed by atoms with van der Waals surface area (Å²) in [6.45, 7) is 9.78. The highest BCUT2D eigenvalue weighted by Gasteiger charge is 2.37. The summed E-state index contributed by atoms with van der Waals surface area (Å²) in [7, 11) is -3.83. The standard InChI is InChI=1S/C25H41N6O9PS/c1-14(2)39-22(34)16(4)28-13-41(36,37-7-8-42-23(35)25(5,6)11-32)38-10-17-9-15(3)21(40-17)31-12-27-18-19(31)29-24(26)30-20(18)33/h12,14-17,21,28,32H,7-11,13H2,1-6H3,(H3,26,29,30,33). The summed E-state index contributed by atoms with van der Waals surface area (Å²) < 4.78 is 38.2. The van der Waals surface area contributed by atoms with Gasteiger partial charge in [0.2, 0.25) is 5.95 Å². The summed E-state index contributed by atoms with van der Waals surface area (Å²) in [6.07, 6.45) is 0.386. The second kappa shape index (κ2) is 14.4. The SMILES string of the molecule is CC(C)OC(=O)C(C)NCP(=O)(OCCSC(=O)C(C)(C)CO)OCC1CC(C)C(n2cnc3c(=O)[nH]c(N)nc32)O1. The molecule has 42 heavy (non-hydrogen) atoms. The highest BCUT2D eigenvalue weighted by atomic mass is 32.2. The second-order valence-corrected chi connectivity index (χ2v) is 14.2. The summed E-state index contributed by atoms with van der Waals surface area (Å²) in [5.41, 5.74) is 4.76. The minimum Gasteiger partial charge on any atom is -0.462 e. The Balaban J connectivity index is 1.65. The third-order valence-corrected chi connectivity index (χ3v) is 9.36. The molecule has 5 N–H and O–H groups in total. The fraction of sp³-hybridized carbons (Fsp3) is 0.720. The highest BCUT2D eigenvalue weighted by molar-refractivity contribution is 8.13. The molecule has 3 heterocycles. The Bertz CT molecular complexity index is 1350. The highest BCUT2D eigenvalue weighted by Crippen LogP contribution is 2.48. The zero-order chi connectivity index (χ0) is 31.2. The number of nitrogens with two attached hydrogens (primary N) is 1. The van der Waals surface area contributed by atoms with E-state index in [1.807, 2.05) is 6.92 Å². The number of hydrogen-bond acceptors (Lipinski definition) is 14. The smallest absolute Gasteiger partial charge is 0.344 e. The molecule has 0 aromatic carbocycles. The lowest BCUT2D eigenvalue weighted by molar-refractivity contribution is -0.149. The van der Waals surface area contributed by atoms with Crippen molar-refractivity contribution in [3.63, 3.8) is 0 Å². The molecule has 17 heteroatoms. The number of esters is 1. The van der Waals surface area contributed by atoms with Gasteiger partial charge in [0.25, 0.3) is 5.56 Å². The molecule has 5 unspecified atom stereocenters. The Morgan fingerprint density at radius 2 is 2.07 bits per heavy atom. The van der Waals surface area contributed by atoms with Crippen molar-refractivity contribution in [2.75, 3.05) is 37.6 Å². The zero-order valence-electron chi connectivity index (χ0n) is 24.7. The molecule has 2 aromatic heterocycles. The molecule has 15 nitrogen and oxygen atoms in total. The predicted octanol–water partition coefficient (Wildman–Crippen LogP) is 2.02. The largest absolute Gasteiger partial charge is 0.462 e. The third kappa shape index (κ3) is 8.85. The minimum atomic E-state index is -3.83. The van der Waals surface area contributed by atoms with Crippen LogP contribution in [0.3, 0.4) is 0 Å². The Kier molecular flexibility index (Phi) is 11.7. The number of imidazole rings is 1. The van der Waals surface area contributed by atoms with Crippen molar-refractivity contribution in [3.05, 3.63) is 16.7 Å². The van der Waals surface area contributed by atoms with Crippen molar-refractivity contribution in [1.29, 1.82) is 0 Å². The normalized spacial score (nSPS) is 21.5. The fourth-order valence-corrected chi connectivity index (χ4v) is 6.50. The molecule has 3 rings (SSSR count). The van der Waals surface area contributed by atoms with Crippen molar-refractivity contribution < 1.29 is 37.8 Å². The van der Waals surface area contributed by atoms with Gasteiger partial charge in [-0.2, -0.15) is 4.98 Å². The molecule has 2 aromatic rings. The van der Waals surface area contributed by atoms with Crippen LogP contribution < -0.4 is 16.6 Å². The molecule has 236 valence electrons. The lowest BCUT2D eigenvalue weighted by Gasteiger charge is -2.23. The molecule has 0 spiro atoms. The quantitative estimate of drug-likeness (QED) is 0.126. The van der Waals surface area contributed by atoms with E-state index >= 15 is 0 Å². The molecule has 1 saturated heterocycles. The van der Waals surface area contributed by atoms with E-state index in [0.29, 0.717) is 6.42 Å². The van der Waals surface area contributed by atoms with Crippen molar-refractivity contribution in [1.82, 2.24) is 24.8 Å². The number of ether oxygens (including phenoxy) is 2. The number of rotatable bonds is 15. The first-order valence-corrected chi connectivity index (χ1v) is 16.3. The predicted molar refractivity (Wildman–Crippen MR) is 157 cm³/mol. The van der Waals surface area contributed by atoms with E-state index in [4.69, 9.17) is 24.3 Å². The van der Waals surface area contributed by atoms with Crippen LogP contribution in [0.15, 0.2) is 11.1 Å². The number of nitrogens with one attached hydrogen (secondary N) is 2. The molecule has 5 atom stereocenters. The molecule has 0 bridgehead atoms. The van der Waals surface area contributed by atoms with Crippen LogP contribution in [0.25, 0.3) is 11.2 Å². The van der Waals surface area contributed by atoms with Gasteiger partial charge in [-0.25, -0.2) is 4.98 Å². The second-order valence-electron chi connectivity index (χ2n) is 11.1. The maximum Gasteiger partial charge on any atom is 0.344 e. The molecule has 1 fully saturated rings. The first-order valence-electron chi connectivity index (χ1n) is 13.6. The van der Waals surface area contributed by atoms with Crippen LogP contribution in [0.5, 0.6) is 0 Å². The van der Waals surface area contributed by atoms with E-state index in [0.717, 1.165) is 11.8 Å². The average Bonchev–Trinajstić information content (AvgIpc) is 3.50. The van der Waals surface area contributed by atoms with Gasteiger partial charge in [0.05, 0.1) is 50.1 Å². The van der Waals surface area contributed by atoms with Crippen LogP contribution in [0, 0.1) is 11.3 Å². The van der Waals surface area contributed by atoms with Crippen molar-refractivity contribution in [3.8, 4) is 0 Å². The minimum absolute atomic E-state index is 0.0418. The van der Waals surface area contributed by atoms with Gasteiger partial charge >= 0.3 is 13.6 Å². The van der Waals surface area contributed by atoms with E-state index in [1.54, 1.807) is 39.2 Å². The molecular weight excluding hydrogens is 591 g/mol. The summed E-state index contributed by atoms with van der Waals surface area (Å²) in [4.78, 5) is 47.5. The van der Waals surface area contributed by atoms with Crippen molar-refractivity contribution in [2.45, 2.75) is 72.4 Å². The third-order valence-electron chi connectivity index (χ3n) is 6.48. The van der Waals surface area contributed by atoms with Crippen LogP contribution in [-0.2, 0) is 32.7 Å². The Labute approximate surface area is 248 Å². The van der Waals surface area contributed by atoms with Gasteiger partial charge in [0.15, 0.2) is 16.3 Å². The van der Waals surface area contributed by atoms with Crippen molar-refractivity contribution in [2.24, 2.45) is 11.3 Å². The monoisotopic (exact) mass is 632 g/mol. The van der Waals surface area contributed by atoms with E-state index in [-0.39, 0.29) is 66.1 Å². The number of thioether (sulfide) groups is 1. The summed E-state index contributed by atoms with van der Waals surface area (Å²) in [5, 5.41) is 12.0. The van der Waals surface area contributed by atoms with Crippen LogP contribution in [-0.4, -0.2) is 85.8 Å². The van der Waals surface area contributed by atoms with E-state index < -0.39 is 42.9 Å². The summed E-state index contributed by atoms with van der Waals surface area (Å²) in [6, 6.07) is -0.779. The molecular formula is C25H41N6O9PS. The first kappa shape index (κ1) is 34.2. The molecule has 0 saturated carbocycles. The molecule has 0 amide bonds. The zero-order valence-corrected chi connectivity index (χ0v) is 26.4. The number of carbonyl (C=O) groups excluding carboxylic acids is 2. The van der Waals surface area contributed by atoms with Gasteiger partial charge in [0.1, 0.15) is 12.3 Å². The summed E-state index contributed by atoms with van der Waals surface area (Å²) in [5.74, 6) is -0.417. The van der Waals surface area contributed by atoms with Crippen LogP contribution >= 0.6 is 19.4 Å². The molecule has 1 aliphatic heterocycles. The number of fused-ring (bicyclic) bond motifs is 1. The number of aromatic amines is 1. The average molecular weight is 633 g/mol. The lowest BCUT2D eigenvalue weighted by Crippen LogP contribution is -2.37. The number of hydrogen-bond donors (Lipinski definition) is 4. The van der Waals surface area contributed by atoms with Crippen LogP contribution in [0.4, 0.5) is 5.95 Å². The lowest BCUT2D eigenvalue weighted by atomic mass is 9.97. The first-order chi connectivity index (χ1) is 19.7. The van der Waals surface area contributed by atoms with Crippen LogP contribution in [0.2, 0.25) is 0 Å². The number of nitrogens with zero attached hydrogens (tertiary/aromatic N) is 3. The molecule has 0 radical (unpaired) electrons. The van der Waals surface area contributed by atoms with Gasteiger partial charge in [-0.05, 0) is 41.0 Å². The Hall–Kier alpha value is -2.33. The number of H-pyrrole nitrogens is 1. The van der Waals surface area contributed by atoms with E-state index in [9.17, 15) is 24.1 Å². The Morgan fingerprint density at radius 3 is 2.74 bits per heavy atom. The Morgan fingerprint density at radius 1 is 1.36 bits per heavy atom. The molecule has 0 aliphatic carbocycles. The number of aliphatic hydroxyl groups is 1. The van der Waals surface area contributed by atoms with Gasteiger partial charge in [0, 0.05) is 11.7 Å². The van der Waals surface area contributed by atoms with Crippen molar-refractivity contribution >= 4 is 47.6 Å².